The van der Waals surface area contributed by atoms with E-state index in [-0.39, 0.29) is 0 Å². The molecule has 16 heavy (non-hydrogen) atoms. The average Bonchev–Trinajstić information content (AvgIpc) is 2.78. The van der Waals surface area contributed by atoms with Crippen LogP contribution in [-0.2, 0) is 13.1 Å². The molecule has 2 heterocycles. The van der Waals surface area contributed by atoms with Gasteiger partial charge in [0.05, 0.1) is 11.4 Å². The lowest BCUT2D eigenvalue weighted by Gasteiger charge is -2.06. The van der Waals surface area contributed by atoms with Gasteiger partial charge in [-0.1, -0.05) is 29.8 Å². The van der Waals surface area contributed by atoms with E-state index < -0.39 is 0 Å². The highest BCUT2D eigenvalue weighted by Crippen LogP contribution is 2.25. The third-order valence-corrected chi connectivity index (χ3v) is 2.95. The summed E-state index contributed by atoms with van der Waals surface area (Å²) in [4.78, 5) is 8.69. The Bertz CT molecular complexity index is 517. The van der Waals surface area contributed by atoms with Gasteiger partial charge in [0.15, 0.2) is 0 Å². The van der Waals surface area contributed by atoms with E-state index in [4.69, 9.17) is 0 Å². The van der Waals surface area contributed by atoms with Crippen molar-refractivity contribution >= 4 is 0 Å². The Morgan fingerprint density at radius 3 is 2.69 bits per heavy atom. The molecule has 3 rings (SSSR count). The van der Waals surface area contributed by atoms with Crippen LogP contribution in [0.4, 0.5) is 0 Å². The SMILES string of the molecule is Cc1ccc(-c2ncnc3c2CNC3)cc1. The van der Waals surface area contributed by atoms with Crippen LogP contribution in [0.15, 0.2) is 30.6 Å². The maximum Gasteiger partial charge on any atom is 0.116 e. The summed E-state index contributed by atoms with van der Waals surface area (Å²) in [5.74, 6) is 0. The first-order chi connectivity index (χ1) is 7.84. The molecule has 0 unspecified atom stereocenters. The van der Waals surface area contributed by atoms with Crippen LogP contribution in [-0.4, -0.2) is 9.97 Å². The maximum atomic E-state index is 4.40. The smallest absolute Gasteiger partial charge is 0.116 e. The number of benzene rings is 1. The highest BCUT2D eigenvalue weighted by Gasteiger charge is 2.17. The second-order valence-corrected chi connectivity index (χ2v) is 4.12. The van der Waals surface area contributed by atoms with E-state index in [1.807, 2.05) is 0 Å². The minimum absolute atomic E-state index is 0.858. The highest BCUT2D eigenvalue weighted by atomic mass is 15.0. The standard InChI is InChI=1S/C13H13N3/c1-9-2-4-10(5-3-9)13-11-6-14-7-12(11)15-8-16-13/h2-5,8,14H,6-7H2,1H3. The van der Waals surface area contributed by atoms with E-state index in [2.05, 4.69) is 46.5 Å². The first-order valence-electron chi connectivity index (χ1n) is 5.45. The number of hydrogen-bond acceptors (Lipinski definition) is 3. The van der Waals surface area contributed by atoms with Crippen molar-refractivity contribution in [3.05, 3.63) is 47.4 Å². The maximum absolute atomic E-state index is 4.40. The van der Waals surface area contributed by atoms with Crippen LogP contribution >= 0.6 is 0 Å². The number of hydrogen-bond donors (Lipinski definition) is 1. The lowest BCUT2D eigenvalue weighted by atomic mass is 10.0. The largest absolute Gasteiger partial charge is 0.307 e. The summed E-state index contributed by atoms with van der Waals surface area (Å²) < 4.78 is 0. The third-order valence-electron chi connectivity index (χ3n) is 2.95. The lowest BCUT2D eigenvalue weighted by molar-refractivity contribution is 0.758. The topological polar surface area (TPSA) is 37.8 Å². The molecule has 1 aromatic heterocycles. The van der Waals surface area contributed by atoms with Gasteiger partial charge in [-0.15, -0.1) is 0 Å². The zero-order valence-electron chi connectivity index (χ0n) is 9.20. The second kappa shape index (κ2) is 3.68. The summed E-state index contributed by atoms with van der Waals surface area (Å²) in [7, 11) is 0. The average molecular weight is 211 g/mol. The van der Waals surface area contributed by atoms with Gasteiger partial charge in [-0.05, 0) is 6.92 Å². The van der Waals surface area contributed by atoms with Crippen molar-refractivity contribution in [1.82, 2.24) is 15.3 Å². The predicted octanol–water partition coefficient (Wildman–Crippen LogP) is 2.06. The number of nitrogens with one attached hydrogen (secondary N) is 1. The second-order valence-electron chi connectivity index (χ2n) is 4.12. The molecule has 1 aliphatic heterocycles. The molecule has 0 saturated carbocycles. The van der Waals surface area contributed by atoms with Crippen LogP contribution < -0.4 is 5.32 Å². The van der Waals surface area contributed by atoms with Crippen molar-refractivity contribution in [1.29, 1.82) is 0 Å². The van der Waals surface area contributed by atoms with Crippen LogP contribution in [0.3, 0.4) is 0 Å². The van der Waals surface area contributed by atoms with Crippen molar-refractivity contribution in [3.8, 4) is 11.3 Å². The van der Waals surface area contributed by atoms with Gasteiger partial charge in [-0.3, -0.25) is 0 Å². The molecule has 1 aliphatic rings. The molecular formula is C13H13N3. The fourth-order valence-corrected chi connectivity index (χ4v) is 2.05. The molecule has 0 amide bonds. The summed E-state index contributed by atoms with van der Waals surface area (Å²) in [6.45, 7) is 3.83. The quantitative estimate of drug-likeness (QED) is 0.784. The van der Waals surface area contributed by atoms with E-state index in [1.54, 1.807) is 6.33 Å². The number of aryl methyl sites for hydroxylation is 1. The molecule has 0 fully saturated rings. The minimum atomic E-state index is 0.858. The Morgan fingerprint density at radius 1 is 1.06 bits per heavy atom. The fourth-order valence-electron chi connectivity index (χ4n) is 2.05. The van der Waals surface area contributed by atoms with Gasteiger partial charge in [0.1, 0.15) is 6.33 Å². The Kier molecular flexibility index (Phi) is 2.18. The monoisotopic (exact) mass is 211 g/mol. The van der Waals surface area contributed by atoms with Crippen molar-refractivity contribution in [2.45, 2.75) is 20.0 Å². The molecule has 0 radical (unpaired) electrons. The summed E-state index contributed by atoms with van der Waals surface area (Å²) in [5, 5.41) is 3.31. The highest BCUT2D eigenvalue weighted by molar-refractivity contribution is 5.64. The summed E-state index contributed by atoms with van der Waals surface area (Å²) >= 11 is 0. The zero-order chi connectivity index (χ0) is 11.0. The van der Waals surface area contributed by atoms with Gasteiger partial charge in [0, 0.05) is 24.2 Å². The first kappa shape index (κ1) is 9.48. The Labute approximate surface area is 94.6 Å². The third kappa shape index (κ3) is 1.49. The molecular weight excluding hydrogens is 198 g/mol. The Morgan fingerprint density at radius 2 is 1.88 bits per heavy atom. The van der Waals surface area contributed by atoms with Crippen LogP contribution in [0.1, 0.15) is 16.8 Å². The molecule has 0 atom stereocenters. The number of nitrogens with zero attached hydrogens (tertiary/aromatic N) is 2. The molecule has 1 aromatic carbocycles. The van der Waals surface area contributed by atoms with E-state index in [0.717, 1.165) is 24.5 Å². The normalized spacial score (nSPS) is 13.8. The number of fused-ring (bicyclic) bond motifs is 1. The molecule has 1 N–H and O–H groups in total. The molecule has 2 aromatic rings. The van der Waals surface area contributed by atoms with E-state index in [0.29, 0.717) is 0 Å². The van der Waals surface area contributed by atoms with Gasteiger partial charge in [0.25, 0.3) is 0 Å². The van der Waals surface area contributed by atoms with E-state index >= 15 is 0 Å². The molecule has 0 saturated heterocycles. The van der Waals surface area contributed by atoms with Gasteiger partial charge in [0.2, 0.25) is 0 Å². The van der Waals surface area contributed by atoms with Crippen LogP contribution in [0, 0.1) is 6.92 Å². The summed E-state index contributed by atoms with van der Waals surface area (Å²) in [6, 6.07) is 8.48. The molecule has 80 valence electrons. The fraction of sp³-hybridized carbons (Fsp3) is 0.231. The zero-order valence-corrected chi connectivity index (χ0v) is 9.20. The molecule has 0 spiro atoms. The van der Waals surface area contributed by atoms with Gasteiger partial charge in [-0.25, -0.2) is 9.97 Å². The number of aromatic nitrogens is 2. The van der Waals surface area contributed by atoms with Crippen molar-refractivity contribution in [2.24, 2.45) is 0 Å². The summed E-state index contributed by atoms with van der Waals surface area (Å²) in [5.41, 5.74) is 5.88. The van der Waals surface area contributed by atoms with Crippen LogP contribution in [0.5, 0.6) is 0 Å². The van der Waals surface area contributed by atoms with Gasteiger partial charge < -0.3 is 5.32 Å². The minimum Gasteiger partial charge on any atom is -0.307 e. The molecule has 3 nitrogen and oxygen atoms in total. The van der Waals surface area contributed by atoms with E-state index in [9.17, 15) is 0 Å². The predicted molar refractivity (Wildman–Crippen MR) is 62.7 cm³/mol. The first-order valence-corrected chi connectivity index (χ1v) is 5.45. The van der Waals surface area contributed by atoms with Crippen molar-refractivity contribution in [3.63, 3.8) is 0 Å². The van der Waals surface area contributed by atoms with Crippen LogP contribution in [0.2, 0.25) is 0 Å². The Hall–Kier alpha value is -1.74. The molecule has 0 bridgehead atoms. The Balaban J connectivity index is 2.13. The van der Waals surface area contributed by atoms with E-state index in [1.165, 1.54) is 16.7 Å². The van der Waals surface area contributed by atoms with Gasteiger partial charge >= 0.3 is 0 Å². The molecule has 0 aliphatic carbocycles. The summed E-state index contributed by atoms with van der Waals surface area (Å²) in [6.07, 6.45) is 1.65. The van der Waals surface area contributed by atoms with Gasteiger partial charge in [-0.2, -0.15) is 0 Å². The lowest BCUT2D eigenvalue weighted by Crippen LogP contribution is -2.00. The molecule has 3 heteroatoms. The van der Waals surface area contributed by atoms with Crippen molar-refractivity contribution < 1.29 is 0 Å². The van der Waals surface area contributed by atoms with Crippen LogP contribution in [0.25, 0.3) is 11.3 Å². The van der Waals surface area contributed by atoms with Crippen molar-refractivity contribution in [2.75, 3.05) is 0 Å². The number of rotatable bonds is 1.